The van der Waals surface area contributed by atoms with Crippen molar-refractivity contribution in [1.82, 2.24) is 9.97 Å². The first kappa shape index (κ1) is 10.7. The van der Waals surface area contributed by atoms with Crippen molar-refractivity contribution in [2.75, 3.05) is 11.9 Å². The molecule has 2 aromatic heterocycles. The van der Waals surface area contributed by atoms with Crippen LogP contribution in [0.2, 0.25) is 0 Å². The number of rotatable bonds is 4. The summed E-state index contributed by atoms with van der Waals surface area (Å²) in [5.41, 5.74) is 1.05. The summed E-state index contributed by atoms with van der Waals surface area (Å²) in [4.78, 5) is 8.60. The fourth-order valence-electron chi connectivity index (χ4n) is 1.42. The monoisotopic (exact) mass is 217 g/mol. The van der Waals surface area contributed by atoms with Gasteiger partial charge in [-0.15, -0.1) is 0 Å². The molecule has 0 aliphatic carbocycles. The summed E-state index contributed by atoms with van der Waals surface area (Å²) in [5.74, 6) is 2.20. The van der Waals surface area contributed by atoms with E-state index in [9.17, 15) is 0 Å². The van der Waals surface area contributed by atoms with Crippen molar-refractivity contribution in [3.8, 4) is 11.6 Å². The van der Waals surface area contributed by atoms with Gasteiger partial charge in [-0.25, -0.2) is 9.97 Å². The summed E-state index contributed by atoms with van der Waals surface area (Å²) in [5, 5.41) is 3.22. The second-order valence-electron chi connectivity index (χ2n) is 3.63. The van der Waals surface area contributed by atoms with Crippen molar-refractivity contribution >= 4 is 5.82 Å². The second kappa shape index (κ2) is 4.79. The van der Waals surface area contributed by atoms with Gasteiger partial charge in [-0.3, -0.25) is 0 Å². The van der Waals surface area contributed by atoms with Crippen LogP contribution in [0.25, 0.3) is 11.6 Å². The third-order valence-corrected chi connectivity index (χ3v) is 2.28. The van der Waals surface area contributed by atoms with Crippen LogP contribution in [0.1, 0.15) is 18.9 Å². The number of aromatic nitrogens is 2. The Kier molecular flexibility index (Phi) is 3.19. The summed E-state index contributed by atoms with van der Waals surface area (Å²) in [6.07, 6.45) is 4.46. The largest absolute Gasteiger partial charge is 0.461 e. The SMILES string of the molecule is CCCNc1ccnc(-c2occc2C)n1. The Bertz CT molecular complexity index is 465. The van der Waals surface area contributed by atoms with E-state index in [1.807, 2.05) is 19.1 Å². The highest BCUT2D eigenvalue weighted by Gasteiger charge is 2.08. The van der Waals surface area contributed by atoms with Crippen LogP contribution < -0.4 is 5.32 Å². The fraction of sp³-hybridized carbons (Fsp3) is 0.333. The van der Waals surface area contributed by atoms with Crippen molar-refractivity contribution in [2.45, 2.75) is 20.3 Å². The van der Waals surface area contributed by atoms with E-state index in [-0.39, 0.29) is 0 Å². The molecule has 1 N–H and O–H groups in total. The molecule has 0 aromatic carbocycles. The van der Waals surface area contributed by atoms with E-state index in [4.69, 9.17) is 4.42 Å². The minimum atomic E-state index is 0.628. The highest BCUT2D eigenvalue weighted by molar-refractivity contribution is 5.54. The van der Waals surface area contributed by atoms with E-state index < -0.39 is 0 Å². The van der Waals surface area contributed by atoms with Gasteiger partial charge in [0.25, 0.3) is 0 Å². The maximum atomic E-state index is 5.36. The third-order valence-electron chi connectivity index (χ3n) is 2.28. The average molecular weight is 217 g/mol. The van der Waals surface area contributed by atoms with E-state index in [2.05, 4.69) is 22.2 Å². The smallest absolute Gasteiger partial charge is 0.197 e. The third kappa shape index (κ3) is 2.21. The molecule has 0 aliphatic heterocycles. The Morgan fingerprint density at radius 1 is 1.38 bits per heavy atom. The van der Waals surface area contributed by atoms with Gasteiger partial charge in [-0.05, 0) is 31.0 Å². The summed E-state index contributed by atoms with van der Waals surface area (Å²) in [7, 11) is 0. The molecule has 0 saturated heterocycles. The zero-order valence-corrected chi connectivity index (χ0v) is 9.53. The van der Waals surface area contributed by atoms with Gasteiger partial charge in [0.1, 0.15) is 5.82 Å². The van der Waals surface area contributed by atoms with E-state index in [0.717, 1.165) is 30.1 Å². The lowest BCUT2D eigenvalue weighted by Gasteiger charge is -2.04. The van der Waals surface area contributed by atoms with Crippen molar-refractivity contribution in [2.24, 2.45) is 0 Å². The van der Waals surface area contributed by atoms with E-state index in [1.165, 1.54) is 0 Å². The molecule has 0 unspecified atom stereocenters. The predicted molar refractivity (Wildman–Crippen MR) is 63.3 cm³/mol. The zero-order chi connectivity index (χ0) is 11.4. The van der Waals surface area contributed by atoms with Crippen LogP contribution in [0, 0.1) is 6.92 Å². The van der Waals surface area contributed by atoms with E-state index in [0.29, 0.717) is 5.82 Å². The Hall–Kier alpha value is -1.84. The van der Waals surface area contributed by atoms with Gasteiger partial charge in [0.2, 0.25) is 0 Å². The molecule has 0 spiro atoms. The molecule has 0 fully saturated rings. The summed E-state index contributed by atoms with van der Waals surface area (Å²) >= 11 is 0. The molecule has 0 bridgehead atoms. The molecule has 0 aliphatic rings. The summed E-state index contributed by atoms with van der Waals surface area (Å²) in [6.45, 7) is 5.01. The van der Waals surface area contributed by atoms with Gasteiger partial charge in [0, 0.05) is 12.7 Å². The van der Waals surface area contributed by atoms with Crippen LogP contribution in [0.4, 0.5) is 5.82 Å². The number of nitrogens with zero attached hydrogens (tertiary/aromatic N) is 2. The molecule has 2 aromatic rings. The van der Waals surface area contributed by atoms with Crippen LogP contribution >= 0.6 is 0 Å². The Labute approximate surface area is 94.7 Å². The normalized spacial score (nSPS) is 10.4. The van der Waals surface area contributed by atoms with Crippen molar-refractivity contribution in [3.05, 3.63) is 30.2 Å². The molecule has 0 radical (unpaired) electrons. The van der Waals surface area contributed by atoms with Crippen LogP contribution in [0.3, 0.4) is 0 Å². The van der Waals surface area contributed by atoms with Gasteiger partial charge in [0.15, 0.2) is 11.6 Å². The molecule has 2 rings (SSSR count). The lowest BCUT2D eigenvalue weighted by atomic mass is 10.3. The minimum absolute atomic E-state index is 0.628. The number of furan rings is 1. The maximum absolute atomic E-state index is 5.36. The van der Waals surface area contributed by atoms with Gasteiger partial charge in [0.05, 0.1) is 6.26 Å². The van der Waals surface area contributed by atoms with Gasteiger partial charge in [-0.1, -0.05) is 6.92 Å². The first-order valence-corrected chi connectivity index (χ1v) is 5.42. The predicted octanol–water partition coefficient (Wildman–Crippen LogP) is 2.87. The summed E-state index contributed by atoms with van der Waals surface area (Å²) < 4.78 is 5.36. The first-order chi connectivity index (χ1) is 7.81. The summed E-state index contributed by atoms with van der Waals surface area (Å²) in [6, 6.07) is 3.77. The van der Waals surface area contributed by atoms with Crippen LogP contribution in [-0.2, 0) is 0 Å². The molecule has 4 nitrogen and oxygen atoms in total. The molecule has 0 saturated carbocycles. The highest BCUT2D eigenvalue weighted by Crippen LogP contribution is 2.21. The fourth-order valence-corrected chi connectivity index (χ4v) is 1.42. The van der Waals surface area contributed by atoms with Crippen LogP contribution in [0.5, 0.6) is 0 Å². The minimum Gasteiger partial charge on any atom is -0.461 e. The van der Waals surface area contributed by atoms with E-state index >= 15 is 0 Å². The number of nitrogens with one attached hydrogen (secondary N) is 1. The van der Waals surface area contributed by atoms with Crippen LogP contribution in [0.15, 0.2) is 29.0 Å². The Morgan fingerprint density at radius 2 is 2.25 bits per heavy atom. The molecule has 16 heavy (non-hydrogen) atoms. The van der Waals surface area contributed by atoms with E-state index in [1.54, 1.807) is 12.5 Å². The molecule has 84 valence electrons. The van der Waals surface area contributed by atoms with Crippen molar-refractivity contribution in [1.29, 1.82) is 0 Å². The molecule has 0 atom stereocenters. The standard InChI is InChI=1S/C12H15N3O/c1-3-6-13-10-4-7-14-12(15-10)11-9(2)5-8-16-11/h4-5,7-8H,3,6H2,1-2H3,(H,13,14,15). The quantitative estimate of drug-likeness (QED) is 0.855. The number of anilines is 1. The highest BCUT2D eigenvalue weighted by atomic mass is 16.3. The molecule has 4 heteroatoms. The second-order valence-corrected chi connectivity index (χ2v) is 3.63. The van der Waals surface area contributed by atoms with Crippen molar-refractivity contribution in [3.63, 3.8) is 0 Å². The van der Waals surface area contributed by atoms with Crippen molar-refractivity contribution < 1.29 is 4.42 Å². The topological polar surface area (TPSA) is 51.0 Å². The van der Waals surface area contributed by atoms with Gasteiger partial charge >= 0.3 is 0 Å². The average Bonchev–Trinajstić information content (AvgIpc) is 2.73. The lowest BCUT2D eigenvalue weighted by molar-refractivity contribution is 0.575. The molecular formula is C12H15N3O. The molecule has 2 heterocycles. The Morgan fingerprint density at radius 3 is 2.94 bits per heavy atom. The van der Waals surface area contributed by atoms with Crippen LogP contribution in [-0.4, -0.2) is 16.5 Å². The Balaban J connectivity index is 2.26. The molecular weight excluding hydrogens is 202 g/mol. The van der Waals surface area contributed by atoms with Gasteiger partial charge in [-0.2, -0.15) is 0 Å². The number of hydrogen-bond acceptors (Lipinski definition) is 4. The van der Waals surface area contributed by atoms with Gasteiger partial charge < -0.3 is 9.73 Å². The molecule has 0 amide bonds. The zero-order valence-electron chi connectivity index (χ0n) is 9.53. The number of aryl methyl sites for hydroxylation is 1. The first-order valence-electron chi connectivity index (χ1n) is 5.42. The lowest BCUT2D eigenvalue weighted by Crippen LogP contribution is -2.03. The number of hydrogen-bond donors (Lipinski definition) is 1. The maximum Gasteiger partial charge on any atom is 0.197 e.